The highest BCUT2D eigenvalue weighted by molar-refractivity contribution is 7.89. The van der Waals surface area contributed by atoms with E-state index in [-0.39, 0.29) is 16.8 Å². The van der Waals surface area contributed by atoms with Crippen molar-refractivity contribution >= 4 is 43.2 Å². The SMILES string of the molecule is CCC(C)NS(=O)(=O)c1ccc(C(=O)Nc2ccc3nc(C)sc3c2)cc1. The predicted octanol–water partition coefficient (Wildman–Crippen LogP) is 3.93. The molecule has 1 unspecified atom stereocenters. The number of benzene rings is 2. The van der Waals surface area contributed by atoms with Crippen molar-refractivity contribution in [3.63, 3.8) is 0 Å². The van der Waals surface area contributed by atoms with Crippen LogP contribution < -0.4 is 10.0 Å². The number of hydrogen-bond acceptors (Lipinski definition) is 5. The Morgan fingerprint density at radius 3 is 2.56 bits per heavy atom. The van der Waals surface area contributed by atoms with Gasteiger partial charge < -0.3 is 5.32 Å². The van der Waals surface area contributed by atoms with Crippen LogP contribution in [0.15, 0.2) is 47.4 Å². The van der Waals surface area contributed by atoms with E-state index in [0.29, 0.717) is 17.7 Å². The molecule has 0 saturated carbocycles. The molecule has 1 amide bonds. The van der Waals surface area contributed by atoms with E-state index in [9.17, 15) is 13.2 Å². The van der Waals surface area contributed by atoms with Crippen molar-refractivity contribution in [2.24, 2.45) is 0 Å². The minimum absolute atomic E-state index is 0.140. The zero-order valence-electron chi connectivity index (χ0n) is 15.3. The molecule has 0 fully saturated rings. The lowest BCUT2D eigenvalue weighted by Gasteiger charge is -2.12. The van der Waals surface area contributed by atoms with Gasteiger partial charge >= 0.3 is 0 Å². The van der Waals surface area contributed by atoms with Crippen molar-refractivity contribution in [2.45, 2.75) is 38.1 Å². The minimum Gasteiger partial charge on any atom is -0.322 e. The molecule has 2 aromatic carbocycles. The van der Waals surface area contributed by atoms with Gasteiger partial charge in [-0.05, 0) is 62.7 Å². The number of nitrogens with zero attached hydrogens (tertiary/aromatic N) is 1. The Hall–Kier alpha value is -2.29. The van der Waals surface area contributed by atoms with Gasteiger partial charge in [0.15, 0.2) is 0 Å². The molecule has 3 aromatic rings. The first-order valence-corrected chi connectivity index (χ1v) is 10.9. The second-order valence-corrected chi connectivity index (χ2v) is 9.27. The zero-order chi connectivity index (χ0) is 19.6. The molecule has 0 aliphatic carbocycles. The van der Waals surface area contributed by atoms with Crippen molar-refractivity contribution in [1.29, 1.82) is 0 Å². The summed E-state index contributed by atoms with van der Waals surface area (Å²) in [6, 6.07) is 11.3. The molecular weight excluding hydrogens is 382 g/mol. The van der Waals surface area contributed by atoms with Crippen molar-refractivity contribution in [2.75, 3.05) is 5.32 Å². The number of sulfonamides is 1. The summed E-state index contributed by atoms with van der Waals surface area (Å²) < 4.78 is 28.2. The number of aromatic nitrogens is 1. The van der Waals surface area contributed by atoms with Gasteiger partial charge in [0.25, 0.3) is 5.91 Å². The molecule has 3 rings (SSSR count). The van der Waals surface area contributed by atoms with E-state index in [0.717, 1.165) is 15.2 Å². The van der Waals surface area contributed by atoms with Crippen LogP contribution >= 0.6 is 11.3 Å². The Kier molecular flexibility index (Phi) is 5.59. The highest BCUT2D eigenvalue weighted by Crippen LogP contribution is 2.25. The van der Waals surface area contributed by atoms with E-state index in [1.54, 1.807) is 24.3 Å². The standard InChI is InChI=1S/C19H21N3O3S2/c1-4-12(2)22-27(24,25)16-8-5-14(6-9-16)19(23)21-15-7-10-17-18(11-15)26-13(3)20-17/h5-12,22H,4H2,1-3H3,(H,21,23). The van der Waals surface area contributed by atoms with Gasteiger partial charge in [0.05, 0.1) is 20.1 Å². The third-order valence-electron chi connectivity index (χ3n) is 4.15. The van der Waals surface area contributed by atoms with Gasteiger partial charge in [0, 0.05) is 17.3 Å². The summed E-state index contributed by atoms with van der Waals surface area (Å²) in [5.74, 6) is -0.297. The fourth-order valence-electron chi connectivity index (χ4n) is 2.52. The van der Waals surface area contributed by atoms with Crippen molar-refractivity contribution in [3.8, 4) is 0 Å². The predicted molar refractivity (Wildman–Crippen MR) is 109 cm³/mol. The number of nitrogens with one attached hydrogen (secondary N) is 2. The molecule has 0 aliphatic heterocycles. The molecule has 1 atom stereocenters. The number of fused-ring (bicyclic) bond motifs is 1. The molecule has 1 aromatic heterocycles. The summed E-state index contributed by atoms with van der Waals surface area (Å²) in [6.45, 7) is 5.65. The van der Waals surface area contributed by atoms with Gasteiger partial charge in [-0.15, -0.1) is 11.3 Å². The Bertz CT molecular complexity index is 1070. The van der Waals surface area contributed by atoms with Gasteiger partial charge in [0.1, 0.15) is 0 Å². The molecule has 0 radical (unpaired) electrons. The highest BCUT2D eigenvalue weighted by Gasteiger charge is 2.17. The maximum Gasteiger partial charge on any atom is 0.255 e. The van der Waals surface area contributed by atoms with Crippen molar-refractivity contribution in [3.05, 3.63) is 53.0 Å². The van der Waals surface area contributed by atoms with E-state index in [1.807, 2.05) is 26.0 Å². The first-order valence-electron chi connectivity index (χ1n) is 8.59. The van der Waals surface area contributed by atoms with E-state index in [1.165, 1.54) is 24.3 Å². The molecule has 6 nitrogen and oxygen atoms in total. The number of carbonyl (C=O) groups is 1. The van der Waals surface area contributed by atoms with Crippen LogP contribution in [0.1, 0.15) is 35.6 Å². The van der Waals surface area contributed by atoms with Crippen LogP contribution in [0.4, 0.5) is 5.69 Å². The fourth-order valence-corrected chi connectivity index (χ4v) is 4.72. The topological polar surface area (TPSA) is 88.2 Å². The quantitative estimate of drug-likeness (QED) is 0.653. The molecule has 1 heterocycles. The van der Waals surface area contributed by atoms with Crippen molar-refractivity contribution in [1.82, 2.24) is 9.71 Å². The van der Waals surface area contributed by atoms with Gasteiger partial charge in [-0.1, -0.05) is 6.92 Å². The lowest BCUT2D eigenvalue weighted by molar-refractivity contribution is 0.102. The molecule has 0 aliphatic rings. The first kappa shape index (κ1) is 19.5. The van der Waals surface area contributed by atoms with E-state index < -0.39 is 10.0 Å². The second kappa shape index (κ2) is 7.75. The molecule has 0 saturated heterocycles. The Morgan fingerprint density at radius 1 is 1.19 bits per heavy atom. The number of amides is 1. The molecule has 0 spiro atoms. The molecule has 8 heteroatoms. The molecule has 27 heavy (non-hydrogen) atoms. The fraction of sp³-hybridized carbons (Fsp3) is 0.263. The van der Waals surface area contributed by atoms with Crippen LogP contribution in [0, 0.1) is 6.92 Å². The summed E-state index contributed by atoms with van der Waals surface area (Å²) in [6.07, 6.45) is 0.698. The number of hydrogen-bond donors (Lipinski definition) is 2. The Balaban J connectivity index is 1.74. The Morgan fingerprint density at radius 2 is 1.89 bits per heavy atom. The van der Waals surface area contributed by atoms with Gasteiger partial charge in [0.2, 0.25) is 10.0 Å². The van der Waals surface area contributed by atoms with Gasteiger partial charge in [-0.2, -0.15) is 0 Å². The lowest BCUT2D eigenvalue weighted by Crippen LogP contribution is -2.32. The van der Waals surface area contributed by atoms with Crippen LogP contribution in [0.3, 0.4) is 0 Å². The molecule has 2 N–H and O–H groups in total. The molecule has 142 valence electrons. The maximum atomic E-state index is 12.5. The summed E-state index contributed by atoms with van der Waals surface area (Å²) in [7, 11) is -3.58. The van der Waals surface area contributed by atoms with E-state index in [2.05, 4.69) is 15.0 Å². The van der Waals surface area contributed by atoms with Crippen LogP contribution in [0.2, 0.25) is 0 Å². The average molecular weight is 404 g/mol. The van der Waals surface area contributed by atoms with Crippen molar-refractivity contribution < 1.29 is 13.2 Å². The number of carbonyl (C=O) groups excluding carboxylic acids is 1. The minimum atomic E-state index is -3.58. The summed E-state index contributed by atoms with van der Waals surface area (Å²) in [5.41, 5.74) is 1.96. The van der Waals surface area contributed by atoms with Gasteiger partial charge in [-0.25, -0.2) is 18.1 Å². The molecular formula is C19H21N3O3S2. The third-order valence-corrected chi connectivity index (χ3v) is 6.69. The third kappa shape index (κ3) is 4.52. The molecule has 0 bridgehead atoms. The maximum absolute atomic E-state index is 12.5. The summed E-state index contributed by atoms with van der Waals surface area (Å²) >= 11 is 1.56. The smallest absolute Gasteiger partial charge is 0.255 e. The van der Waals surface area contributed by atoms with Crippen LogP contribution in [-0.2, 0) is 10.0 Å². The lowest BCUT2D eigenvalue weighted by atomic mass is 10.2. The van der Waals surface area contributed by atoms with Crippen LogP contribution in [0.25, 0.3) is 10.2 Å². The number of anilines is 1. The number of aryl methyl sites for hydroxylation is 1. The summed E-state index contributed by atoms with van der Waals surface area (Å²) in [5, 5.41) is 3.80. The van der Waals surface area contributed by atoms with E-state index in [4.69, 9.17) is 0 Å². The number of thiazole rings is 1. The largest absolute Gasteiger partial charge is 0.322 e. The first-order chi connectivity index (χ1) is 12.8. The van der Waals surface area contributed by atoms with Crippen LogP contribution in [0.5, 0.6) is 0 Å². The summed E-state index contributed by atoms with van der Waals surface area (Å²) in [4.78, 5) is 17.0. The van der Waals surface area contributed by atoms with Gasteiger partial charge in [-0.3, -0.25) is 4.79 Å². The number of rotatable bonds is 6. The highest BCUT2D eigenvalue weighted by atomic mass is 32.2. The zero-order valence-corrected chi connectivity index (χ0v) is 16.9. The monoisotopic (exact) mass is 403 g/mol. The average Bonchev–Trinajstić information content (AvgIpc) is 3.00. The Labute approximate surface area is 162 Å². The van der Waals surface area contributed by atoms with E-state index >= 15 is 0 Å². The second-order valence-electron chi connectivity index (χ2n) is 6.32. The van der Waals surface area contributed by atoms with Crippen LogP contribution in [-0.4, -0.2) is 25.4 Å². The normalized spacial score (nSPS) is 12.9.